The largest absolute Gasteiger partial charge is 0.477 e. The fourth-order valence-corrected chi connectivity index (χ4v) is 6.95. The van der Waals surface area contributed by atoms with E-state index in [0.29, 0.717) is 30.0 Å². The molecule has 2 aromatic heterocycles. The number of thiazole rings is 1. The van der Waals surface area contributed by atoms with Gasteiger partial charge in [-0.2, -0.15) is 11.8 Å². The molecule has 0 spiro atoms. The van der Waals surface area contributed by atoms with Crippen molar-refractivity contribution >= 4 is 75.1 Å². The van der Waals surface area contributed by atoms with Crippen molar-refractivity contribution in [1.29, 1.82) is 0 Å². The number of thioether (sulfide) groups is 2. The number of allylic oxidation sites excluding steroid dienone is 1. The molecule has 196 valence electrons. The van der Waals surface area contributed by atoms with Gasteiger partial charge in [0.05, 0.1) is 6.04 Å². The number of carboxylic acids is 1. The first-order valence-electron chi connectivity index (χ1n) is 10.9. The van der Waals surface area contributed by atoms with Crippen LogP contribution in [-0.4, -0.2) is 73.1 Å². The number of β-lactam (4-membered cyclic amide) rings is 1. The van der Waals surface area contributed by atoms with Gasteiger partial charge in [0.15, 0.2) is 10.8 Å². The van der Waals surface area contributed by atoms with Gasteiger partial charge in [0, 0.05) is 40.2 Å². The fraction of sp³-hybridized carbons (Fsp3) is 0.333. The molecule has 2 amide bonds. The number of aliphatic carboxylic acids is 1. The van der Waals surface area contributed by atoms with Crippen molar-refractivity contribution < 1.29 is 24.7 Å². The molecule has 0 aliphatic carbocycles. The van der Waals surface area contributed by atoms with Crippen molar-refractivity contribution in [3.8, 4) is 0 Å². The molecule has 2 aromatic rings. The molecule has 1 saturated heterocycles. The Kier molecular flexibility index (Phi) is 8.59. The van der Waals surface area contributed by atoms with Crippen molar-refractivity contribution in [2.45, 2.75) is 35.6 Å². The first-order chi connectivity index (χ1) is 17.8. The number of aromatic nitrogens is 2. The third-order valence-corrected chi connectivity index (χ3v) is 9.02. The SMILES string of the molecule is NCCSCc1cnccc1SC1=C(C(=O)O)N2C(=O)[C@@H](NC(=O)/C(=N\O)c3nc(N)sc3Cl)[C@H]2CC1. The van der Waals surface area contributed by atoms with Gasteiger partial charge in [-0.05, 0) is 24.5 Å². The number of nitrogens with zero attached hydrogens (tertiary/aromatic N) is 4. The minimum atomic E-state index is -1.24. The molecule has 2 aliphatic heterocycles. The van der Waals surface area contributed by atoms with E-state index in [1.165, 1.54) is 16.7 Å². The van der Waals surface area contributed by atoms with Gasteiger partial charge in [0.1, 0.15) is 21.8 Å². The number of nitrogen functional groups attached to an aromatic ring is 1. The Bertz CT molecular complexity index is 1300. The second kappa shape index (κ2) is 11.7. The summed E-state index contributed by atoms with van der Waals surface area (Å²) in [6.07, 6.45) is 4.19. The zero-order chi connectivity index (χ0) is 26.7. The number of amides is 2. The minimum Gasteiger partial charge on any atom is -0.477 e. The van der Waals surface area contributed by atoms with E-state index in [1.54, 1.807) is 24.2 Å². The number of oxime groups is 1. The molecule has 4 heterocycles. The first kappa shape index (κ1) is 27.2. The van der Waals surface area contributed by atoms with Crippen LogP contribution in [0.3, 0.4) is 0 Å². The van der Waals surface area contributed by atoms with Gasteiger partial charge < -0.3 is 27.1 Å². The van der Waals surface area contributed by atoms with Gasteiger partial charge in [0.2, 0.25) is 0 Å². The van der Waals surface area contributed by atoms with E-state index in [0.717, 1.165) is 27.5 Å². The lowest BCUT2D eigenvalue weighted by Gasteiger charge is -2.50. The summed E-state index contributed by atoms with van der Waals surface area (Å²) in [5, 5.41) is 24.9. The zero-order valence-corrected chi connectivity index (χ0v) is 22.3. The van der Waals surface area contributed by atoms with Crippen LogP contribution in [0.1, 0.15) is 24.1 Å². The molecule has 7 N–H and O–H groups in total. The van der Waals surface area contributed by atoms with E-state index in [2.05, 4.69) is 20.4 Å². The van der Waals surface area contributed by atoms with Crippen molar-refractivity contribution in [2.75, 3.05) is 18.0 Å². The van der Waals surface area contributed by atoms with E-state index < -0.39 is 35.6 Å². The highest BCUT2D eigenvalue weighted by Crippen LogP contribution is 2.44. The normalized spacial score (nSPS) is 19.5. The number of fused-ring (bicyclic) bond motifs is 1. The Hall–Kier alpha value is -2.85. The van der Waals surface area contributed by atoms with Crippen LogP contribution in [0, 0.1) is 0 Å². The van der Waals surface area contributed by atoms with E-state index >= 15 is 0 Å². The van der Waals surface area contributed by atoms with Gasteiger partial charge in [-0.25, -0.2) is 9.78 Å². The summed E-state index contributed by atoms with van der Waals surface area (Å²) < 4.78 is 0.0503. The molecule has 0 radical (unpaired) electrons. The van der Waals surface area contributed by atoms with Crippen molar-refractivity contribution in [1.82, 2.24) is 20.2 Å². The third-order valence-electron chi connectivity index (χ3n) is 5.63. The quantitative estimate of drug-likeness (QED) is 0.0897. The predicted molar refractivity (Wildman–Crippen MR) is 142 cm³/mol. The molecule has 0 aromatic carbocycles. The zero-order valence-electron chi connectivity index (χ0n) is 19.1. The standard InChI is InChI=1S/C21H22ClN7O5S3/c22-17-14(27-21(24)37-17)15(28-34)18(30)26-13-10-1-2-12(16(20(32)33)29(10)19(13)31)36-11-3-5-25-7-9(11)8-35-6-4-23/h3,5,7,10,13,34H,1-2,4,6,8,23H2,(H2,24,27)(H,26,30)(H,32,33)/b28-15-/t10-,13+/m1/s1. The molecule has 2 atom stereocenters. The first-order valence-corrected chi connectivity index (χ1v) is 14.1. The second-order valence-corrected chi connectivity index (χ2v) is 11.8. The lowest BCUT2D eigenvalue weighted by molar-refractivity contribution is -0.155. The summed E-state index contributed by atoms with van der Waals surface area (Å²) in [6, 6.07) is 0.248. The van der Waals surface area contributed by atoms with E-state index in [1.807, 2.05) is 6.07 Å². The molecule has 0 bridgehead atoms. The number of pyridine rings is 1. The molecule has 0 saturated carbocycles. The van der Waals surface area contributed by atoms with Crippen LogP contribution < -0.4 is 16.8 Å². The number of nitrogens with two attached hydrogens (primary N) is 2. The predicted octanol–water partition coefficient (Wildman–Crippen LogP) is 1.72. The van der Waals surface area contributed by atoms with E-state index in [-0.39, 0.29) is 20.9 Å². The number of carbonyl (C=O) groups is 3. The minimum absolute atomic E-state index is 0.0503. The Balaban J connectivity index is 1.52. The smallest absolute Gasteiger partial charge is 0.353 e. The van der Waals surface area contributed by atoms with Crippen molar-refractivity contribution in [2.24, 2.45) is 10.9 Å². The maximum absolute atomic E-state index is 13.0. The maximum atomic E-state index is 13.0. The van der Waals surface area contributed by atoms with Gasteiger partial charge >= 0.3 is 5.97 Å². The highest BCUT2D eigenvalue weighted by molar-refractivity contribution is 8.03. The maximum Gasteiger partial charge on any atom is 0.353 e. The fourth-order valence-electron chi connectivity index (χ4n) is 4.02. The molecule has 2 aliphatic rings. The summed E-state index contributed by atoms with van der Waals surface area (Å²) in [6.45, 7) is 0.550. The Morgan fingerprint density at radius 3 is 2.84 bits per heavy atom. The molecular formula is C21H22ClN7O5S3. The van der Waals surface area contributed by atoms with Gasteiger partial charge in [-0.15, -0.1) is 0 Å². The topological polar surface area (TPSA) is 197 Å². The van der Waals surface area contributed by atoms with Crippen LogP contribution in [0.15, 0.2) is 39.1 Å². The summed E-state index contributed by atoms with van der Waals surface area (Å²) in [5.41, 5.74) is 11.4. The van der Waals surface area contributed by atoms with Gasteiger partial charge in [0.25, 0.3) is 11.8 Å². The number of rotatable bonds is 10. The van der Waals surface area contributed by atoms with Gasteiger partial charge in [-0.1, -0.05) is 39.9 Å². The molecule has 4 rings (SSSR count). The number of carbonyl (C=O) groups excluding carboxylic acids is 2. The monoisotopic (exact) mass is 583 g/mol. The number of hydrogen-bond donors (Lipinski definition) is 5. The summed E-state index contributed by atoms with van der Waals surface area (Å²) >= 11 is 9.86. The van der Waals surface area contributed by atoms with Crippen LogP contribution in [0.5, 0.6) is 0 Å². The third kappa shape index (κ3) is 5.55. The number of nitrogens with one attached hydrogen (secondary N) is 1. The summed E-state index contributed by atoms with van der Waals surface area (Å²) in [4.78, 5) is 48.7. The van der Waals surface area contributed by atoms with Crippen LogP contribution in [0.25, 0.3) is 0 Å². The molecule has 12 nitrogen and oxygen atoms in total. The summed E-state index contributed by atoms with van der Waals surface area (Å²) in [5.74, 6) is -1.25. The Morgan fingerprint density at radius 2 is 2.19 bits per heavy atom. The molecule has 0 unspecified atom stereocenters. The lowest BCUT2D eigenvalue weighted by Crippen LogP contribution is -2.72. The van der Waals surface area contributed by atoms with Crippen LogP contribution >= 0.6 is 46.5 Å². The molecular weight excluding hydrogens is 562 g/mol. The lowest BCUT2D eigenvalue weighted by atomic mass is 9.86. The van der Waals surface area contributed by atoms with Crippen molar-refractivity contribution in [3.63, 3.8) is 0 Å². The van der Waals surface area contributed by atoms with Crippen molar-refractivity contribution in [3.05, 3.63) is 44.7 Å². The van der Waals surface area contributed by atoms with Crippen LogP contribution in [0.4, 0.5) is 5.13 Å². The molecule has 37 heavy (non-hydrogen) atoms. The average Bonchev–Trinajstić information content (AvgIpc) is 3.20. The number of carboxylic acid groups (broad SMARTS) is 1. The van der Waals surface area contributed by atoms with E-state index in [9.17, 15) is 24.7 Å². The van der Waals surface area contributed by atoms with E-state index in [4.69, 9.17) is 23.1 Å². The highest BCUT2D eigenvalue weighted by atomic mass is 35.5. The second-order valence-electron chi connectivity index (χ2n) is 7.89. The van der Waals surface area contributed by atoms with Crippen LogP contribution in [0.2, 0.25) is 4.34 Å². The Labute approximate surface area is 228 Å². The summed E-state index contributed by atoms with van der Waals surface area (Å²) in [7, 11) is 0. The van der Waals surface area contributed by atoms with Gasteiger partial charge in [-0.3, -0.25) is 19.5 Å². The molecule has 16 heteroatoms. The number of halogens is 1. The van der Waals surface area contributed by atoms with Crippen LogP contribution in [-0.2, 0) is 20.1 Å². The number of hydrogen-bond acceptors (Lipinski definition) is 12. The number of anilines is 1. The molecule has 1 fully saturated rings. The Morgan fingerprint density at radius 1 is 1.41 bits per heavy atom. The highest BCUT2D eigenvalue weighted by Gasteiger charge is 2.54. The average molecular weight is 584 g/mol.